The zero-order valence-corrected chi connectivity index (χ0v) is 12.3. The van der Waals surface area contributed by atoms with Gasteiger partial charge >= 0.3 is 6.61 Å². The molecule has 0 amide bonds. The van der Waals surface area contributed by atoms with Crippen molar-refractivity contribution in [2.24, 2.45) is 0 Å². The Labute approximate surface area is 127 Å². The maximum atomic E-state index is 12.6. The van der Waals surface area contributed by atoms with Crippen LogP contribution in [0.15, 0.2) is 48.5 Å². The topological polar surface area (TPSA) is 21.3 Å². The molecule has 0 saturated carbocycles. The summed E-state index contributed by atoms with van der Waals surface area (Å²) in [7, 11) is 0. The highest BCUT2D eigenvalue weighted by molar-refractivity contribution is 6.30. The molecule has 2 aromatic carbocycles. The number of ether oxygens (including phenoxy) is 1. The molecular formula is C16H16ClF2NO. The first kappa shape index (κ1) is 15.7. The number of halogens is 3. The van der Waals surface area contributed by atoms with Crippen LogP contribution in [0.3, 0.4) is 0 Å². The molecule has 0 bridgehead atoms. The zero-order chi connectivity index (χ0) is 15.2. The van der Waals surface area contributed by atoms with Gasteiger partial charge in [-0.05, 0) is 30.3 Å². The predicted molar refractivity (Wildman–Crippen MR) is 80.0 cm³/mol. The van der Waals surface area contributed by atoms with Crippen LogP contribution in [0.1, 0.15) is 24.1 Å². The molecule has 0 radical (unpaired) electrons. The number of alkyl halides is 2. The van der Waals surface area contributed by atoms with E-state index in [9.17, 15) is 8.78 Å². The highest BCUT2D eigenvalue weighted by Gasteiger charge is 2.19. The molecule has 0 aliphatic heterocycles. The van der Waals surface area contributed by atoms with E-state index in [1.165, 1.54) is 6.07 Å². The Morgan fingerprint density at radius 2 is 1.90 bits per heavy atom. The van der Waals surface area contributed by atoms with Gasteiger partial charge in [-0.15, -0.1) is 0 Å². The molecule has 112 valence electrons. The van der Waals surface area contributed by atoms with E-state index in [1.54, 1.807) is 24.3 Å². The minimum absolute atomic E-state index is 0.165. The van der Waals surface area contributed by atoms with Gasteiger partial charge < -0.3 is 10.1 Å². The van der Waals surface area contributed by atoms with Gasteiger partial charge in [-0.2, -0.15) is 8.78 Å². The summed E-state index contributed by atoms with van der Waals surface area (Å²) in [4.78, 5) is 0. The van der Waals surface area contributed by atoms with Crippen LogP contribution in [0.2, 0.25) is 5.02 Å². The molecule has 0 aliphatic rings. The molecular weight excluding hydrogens is 296 g/mol. The van der Waals surface area contributed by atoms with E-state index in [0.717, 1.165) is 5.56 Å². The van der Waals surface area contributed by atoms with Crippen molar-refractivity contribution in [2.45, 2.75) is 19.6 Å². The first-order valence-electron chi connectivity index (χ1n) is 6.64. The summed E-state index contributed by atoms with van der Waals surface area (Å²) in [5.74, 6) is 0.165. The second-order valence-corrected chi connectivity index (χ2v) is 4.90. The molecule has 2 nitrogen and oxygen atoms in total. The van der Waals surface area contributed by atoms with E-state index >= 15 is 0 Å². The largest absolute Gasteiger partial charge is 0.434 e. The van der Waals surface area contributed by atoms with Gasteiger partial charge in [0.15, 0.2) is 0 Å². The quantitative estimate of drug-likeness (QED) is 0.839. The Balaban J connectivity index is 2.43. The Hall–Kier alpha value is -1.65. The third-order valence-electron chi connectivity index (χ3n) is 3.04. The lowest BCUT2D eigenvalue weighted by atomic mass is 9.98. The van der Waals surface area contributed by atoms with E-state index < -0.39 is 6.61 Å². The summed E-state index contributed by atoms with van der Waals surface area (Å²) < 4.78 is 29.7. The molecule has 2 aromatic rings. The zero-order valence-electron chi connectivity index (χ0n) is 11.5. The number of hydrogen-bond acceptors (Lipinski definition) is 2. The van der Waals surface area contributed by atoms with Crippen LogP contribution in [0.25, 0.3) is 0 Å². The second kappa shape index (κ2) is 7.38. The molecule has 0 fully saturated rings. The van der Waals surface area contributed by atoms with Gasteiger partial charge in [0, 0.05) is 10.6 Å². The molecule has 0 heterocycles. The third-order valence-corrected chi connectivity index (χ3v) is 3.27. The van der Waals surface area contributed by atoms with Gasteiger partial charge in [0.05, 0.1) is 6.04 Å². The van der Waals surface area contributed by atoms with Crippen molar-refractivity contribution in [3.63, 3.8) is 0 Å². The average molecular weight is 312 g/mol. The Morgan fingerprint density at radius 3 is 2.57 bits per heavy atom. The molecule has 1 atom stereocenters. The smallest absolute Gasteiger partial charge is 0.387 e. The Morgan fingerprint density at radius 1 is 1.14 bits per heavy atom. The van der Waals surface area contributed by atoms with Crippen molar-refractivity contribution in [1.29, 1.82) is 0 Å². The van der Waals surface area contributed by atoms with E-state index in [2.05, 4.69) is 10.1 Å². The molecule has 5 heteroatoms. The van der Waals surface area contributed by atoms with E-state index in [4.69, 9.17) is 11.6 Å². The number of hydrogen-bond donors (Lipinski definition) is 1. The minimum Gasteiger partial charge on any atom is -0.434 e. The number of rotatable bonds is 6. The first-order valence-corrected chi connectivity index (χ1v) is 7.02. The van der Waals surface area contributed by atoms with Gasteiger partial charge in [0.2, 0.25) is 0 Å². The van der Waals surface area contributed by atoms with Crippen molar-refractivity contribution in [3.8, 4) is 5.75 Å². The fourth-order valence-electron chi connectivity index (χ4n) is 2.22. The van der Waals surface area contributed by atoms with Crippen LogP contribution >= 0.6 is 11.6 Å². The Kier molecular flexibility index (Phi) is 5.53. The molecule has 0 aromatic heterocycles. The lowest BCUT2D eigenvalue weighted by Gasteiger charge is -2.22. The monoisotopic (exact) mass is 311 g/mol. The van der Waals surface area contributed by atoms with Crippen molar-refractivity contribution in [2.75, 3.05) is 6.54 Å². The van der Waals surface area contributed by atoms with Gasteiger partial charge in [-0.25, -0.2) is 0 Å². The summed E-state index contributed by atoms with van der Waals surface area (Å²) in [5, 5.41) is 3.87. The molecule has 0 aliphatic carbocycles. The van der Waals surface area contributed by atoms with Gasteiger partial charge in [-0.1, -0.05) is 48.9 Å². The summed E-state index contributed by atoms with van der Waals surface area (Å²) in [5.41, 5.74) is 1.55. The normalized spacial score (nSPS) is 12.4. The summed E-state index contributed by atoms with van der Waals surface area (Å²) in [6.45, 7) is -0.221. The van der Waals surface area contributed by atoms with Crippen LogP contribution < -0.4 is 10.1 Å². The van der Waals surface area contributed by atoms with E-state index in [0.29, 0.717) is 17.1 Å². The van der Waals surface area contributed by atoms with Crippen LogP contribution in [-0.2, 0) is 0 Å². The molecule has 21 heavy (non-hydrogen) atoms. The second-order valence-electron chi connectivity index (χ2n) is 4.46. The number of benzene rings is 2. The van der Waals surface area contributed by atoms with E-state index in [1.807, 2.05) is 25.1 Å². The maximum Gasteiger partial charge on any atom is 0.387 e. The number of nitrogens with one attached hydrogen (secondary N) is 1. The fraction of sp³-hybridized carbons (Fsp3) is 0.250. The molecule has 2 rings (SSSR count). The van der Waals surface area contributed by atoms with Gasteiger partial charge in [0.25, 0.3) is 0 Å². The molecule has 1 N–H and O–H groups in total. The number of para-hydroxylation sites is 1. The summed E-state index contributed by atoms with van der Waals surface area (Å²) in [6, 6.07) is 13.8. The van der Waals surface area contributed by atoms with Gasteiger partial charge in [-0.3, -0.25) is 0 Å². The predicted octanol–water partition coefficient (Wildman–Crippen LogP) is 4.64. The van der Waals surface area contributed by atoms with Crippen LogP contribution in [0.4, 0.5) is 8.78 Å². The summed E-state index contributed by atoms with van der Waals surface area (Å²) >= 11 is 6.02. The highest BCUT2D eigenvalue weighted by Crippen LogP contribution is 2.31. The van der Waals surface area contributed by atoms with Crippen molar-refractivity contribution < 1.29 is 13.5 Å². The van der Waals surface area contributed by atoms with Crippen molar-refractivity contribution in [1.82, 2.24) is 5.32 Å². The lowest BCUT2D eigenvalue weighted by Crippen LogP contribution is -2.23. The average Bonchev–Trinajstić information content (AvgIpc) is 2.45. The molecule has 0 saturated heterocycles. The van der Waals surface area contributed by atoms with Crippen LogP contribution in [0.5, 0.6) is 5.75 Å². The van der Waals surface area contributed by atoms with Gasteiger partial charge in [0.1, 0.15) is 5.75 Å². The fourth-order valence-corrected chi connectivity index (χ4v) is 2.42. The van der Waals surface area contributed by atoms with Crippen LogP contribution in [-0.4, -0.2) is 13.2 Å². The minimum atomic E-state index is -2.85. The Bertz CT molecular complexity index is 592. The summed E-state index contributed by atoms with van der Waals surface area (Å²) in [6.07, 6.45) is 0. The van der Waals surface area contributed by atoms with E-state index in [-0.39, 0.29) is 11.8 Å². The SMILES string of the molecule is CCNC(c1cccc(Cl)c1)c1ccccc1OC(F)F. The lowest BCUT2D eigenvalue weighted by molar-refractivity contribution is -0.0506. The molecule has 1 unspecified atom stereocenters. The molecule has 0 spiro atoms. The van der Waals surface area contributed by atoms with Crippen molar-refractivity contribution >= 4 is 11.6 Å². The van der Waals surface area contributed by atoms with Crippen molar-refractivity contribution in [3.05, 3.63) is 64.7 Å². The van der Waals surface area contributed by atoms with Crippen LogP contribution in [0, 0.1) is 0 Å². The maximum absolute atomic E-state index is 12.6. The third kappa shape index (κ3) is 4.16. The highest BCUT2D eigenvalue weighted by atomic mass is 35.5. The standard InChI is InChI=1S/C16H16ClF2NO/c1-2-20-15(11-6-5-7-12(17)10-11)13-8-3-4-9-14(13)21-16(18)19/h3-10,15-16,20H,2H2,1H3. The first-order chi connectivity index (χ1) is 10.1.